The van der Waals surface area contributed by atoms with Crippen molar-refractivity contribution in [3.63, 3.8) is 0 Å². The molecule has 178 valence electrons. The van der Waals surface area contributed by atoms with Gasteiger partial charge in [-0.2, -0.15) is 0 Å². The van der Waals surface area contributed by atoms with Crippen LogP contribution >= 0.6 is 24.0 Å². The van der Waals surface area contributed by atoms with Crippen LogP contribution in [0.1, 0.15) is 49.6 Å². The highest BCUT2D eigenvalue weighted by molar-refractivity contribution is 14.0. The van der Waals surface area contributed by atoms with Crippen LogP contribution in [0.15, 0.2) is 44.7 Å². The second-order valence-corrected chi connectivity index (χ2v) is 9.55. The summed E-state index contributed by atoms with van der Waals surface area (Å²) in [5.74, 6) is 1.65. The van der Waals surface area contributed by atoms with Gasteiger partial charge in [0, 0.05) is 32.8 Å². The molecule has 11 heteroatoms. The first-order chi connectivity index (χ1) is 14.9. The van der Waals surface area contributed by atoms with E-state index in [1.807, 2.05) is 6.07 Å². The highest BCUT2D eigenvalue weighted by atomic mass is 127. The van der Waals surface area contributed by atoms with Gasteiger partial charge in [-0.1, -0.05) is 31.1 Å². The molecule has 3 N–H and O–H groups in total. The van der Waals surface area contributed by atoms with Gasteiger partial charge >= 0.3 is 0 Å². The average molecular weight is 577 g/mol. The van der Waals surface area contributed by atoms with Gasteiger partial charge in [-0.15, -0.1) is 24.0 Å². The smallest absolute Gasteiger partial charge is 0.240 e. The van der Waals surface area contributed by atoms with Crippen LogP contribution in [0.5, 0.6) is 0 Å². The van der Waals surface area contributed by atoms with E-state index < -0.39 is 10.0 Å². The van der Waals surface area contributed by atoms with E-state index in [2.05, 4.69) is 39.4 Å². The van der Waals surface area contributed by atoms with E-state index in [1.54, 1.807) is 31.3 Å². The third-order valence-electron chi connectivity index (χ3n) is 5.04. The number of aliphatic imine (C=N–C) groups is 1. The molecular weight excluding hydrogens is 545 g/mol. The van der Waals surface area contributed by atoms with Crippen LogP contribution in [0.25, 0.3) is 0 Å². The Morgan fingerprint density at radius 2 is 1.94 bits per heavy atom. The van der Waals surface area contributed by atoms with Crippen molar-refractivity contribution >= 4 is 40.0 Å². The zero-order valence-electron chi connectivity index (χ0n) is 18.6. The molecule has 1 aliphatic heterocycles. The first-order valence-corrected chi connectivity index (χ1v) is 12.0. The molecule has 1 aromatic carbocycles. The van der Waals surface area contributed by atoms with Gasteiger partial charge in [0.15, 0.2) is 11.7 Å². The number of nitrogens with one attached hydrogen (secondary N) is 3. The molecule has 32 heavy (non-hydrogen) atoms. The van der Waals surface area contributed by atoms with E-state index >= 15 is 0 Å². The maximum atomic E-state index is 12.5. The number of guanidine groups is 1. The number of ether oxygens (including phenoxy) is 1. The molecule has 9 nitrogen and oxygen atoms in total. The number of nitrogens with zero attached hydrogens (tertiary/aromatic N) is 2. The number of hydrogen-bond donors (Lipinski definition) is 3. The quantitative estimate of drug-likeness (QED) is 0.238. The number of aromatic nitrogens is 1. The van der Waals surface area contributed by atoms with Crippen molar-refractivity contribution in [1.29, 1.82) is 0 Å². The first-order valence-electron chi connectivity index (χ1n) is 10.5. The van der Waals surface area contributed by atoms with Crippen LogP contribution in [0.2, 0.25) is 0 Å². The minimum atomic E-state index is -3.55. The van der Waals surface area contributed by atoms with Crippen LogP contribution in [0.4, 0.5) is 0 Å². The fourth-order valence-electron chi connectivity index (χ4n) is 3.14. The highest BCUT2D eigenvalue weighted by Crippen LogP contribution is 2.15. The molecule has 1 saturated heterocycles. The van der Waals surface area contributed by atoms with Gasteiger partial charge in [-0.05, 0) is 36.5 Å². The zero-order chi connectivity index (χ0) is 22.3. The van der Waals surface area contributed by atoms with Gasteiger partial charge in [0.25, 0.3) is 0 Å². The molecule has 0 aliphatic carbocycles. The first kappa shape index (κ1) is 26.6. The number of rotatable bonds is 9. The Balaban J connectivity index is 0.00000363. The molecule has 1 aromatic heterocycles. The average Bonchev–Trinajstić information content (AvgIpc) is 3.45. The Kier molecular flexibility index (Phi) is 10.4. The molecule has 1 atom stereocenters. The summed E-state index contributed by atoms with van der Waals surface area (Å²) in [5.41, 5.74) is 1.85. The Bertz CT molecular complexity index is 970. The van der Waals surface area contributed by atoms with Gasteiger partial charge in [0.05, 0.1) is 23.2 Å². The van der Waals surface area contributed by atoms with E-state index in [4.69, 9.17) is 9.26 Å². The summed E-state index contributed by atoms with van der Waals surface area (Å²) >= 11 is 0. The van der Waals surface area contributed by atoms with E-state index in [0.29, 0.717) is 38.1 Å². The molecular formula is C21H32IN5O4S. The van der Waals surface area contributed by atoms with Crippen molar-refractivity contribution < 1.29 is 17.7 Å². The molecule has 0 amide bonds. The van der Waals surface area contributed by atoms with E-state index in [-0.39, 0.29) is 35.0 Å². The monoisotopic (exact) mass is 577 g/mol. The third kappa shape index (κ3) is 7.71. The minimum absolute atomic E-state index is 0. The largest absolute Gasteiger partial charge is 0.377 e. The summed E-state index contributed by atoms with van der Waals surface area (Å²) in [4.78, 5) is 4.43. The molecule has 2 aromatic rings. The summed E-state index contributed by atoms with van der Waals surface area (Å²) in [5, 5.41) is 10.4. The summed E-state index contributed by atoms with van der Waals surface area (Å²) in [6.07, 6.45) is 1.83. The number of sulfonamides is 1. The molecule has 1 fully saturated rings. The zero-order valence-corrected chi connectivity index (χ0v) is 21.8. The summed E-state index contributed by atoms with van der Waals surface area (Å²) < 4.78 is 38.3. The molecule has 1 unspecified atom stereocenters. The minimum Gasteiger partial charge on any atom is -0.377 e. The van der Waals surface area contributed by atoms with Gasteiger partial charge in [-0.3, -0.25) is 4.99 Å². The fraction of sp³-hybridized carbons (Fsp3) is 0.524. The molecule has 0 bridgehead atoms. The maximum Gasteiger partial charge on any atom is 0.240 e. The van der Waals surface area contributed by atoms with Crippen LogP contribution in [-0.4, -0.2) is 45.8 Å². The predicted octanol–water partition coefficient (Wildman–Crippen LogP) is 2.74. The van der Waals surface area contributed by atoms with Gasteiger partial charge in [0.2, 0.25) is 10.0 Å². The maximum absolute atomic E-state index is 12.5. The number of halogens is 1. The lowest BCUT2D eigenvalue weighted by Crippen LogP contribution is -2.36. The fourth-order valence-corrected chi connectivity index (χ4v) is 4.21. The number of hydrogen-bond acceptors (Lipinski definition) is 6. The van der Waals surface area contributed by atoms with Crippen molar-refractivity contribution in [2.75, 3.05) is 20.2 Å². The Morgan fingerprint density at radius 1 is 1.22 bits per heavy atom. The van der Waals surface area contributed by atoms with Crippen molar-refractivity contribution in [3.8, 4) is 0 Å². The Labute approximate surface area is 206 Å². The molecule has 0 saturated carbocycles. The van der Waals surface area contributed by atoms with E-state index in [0.717, 1.165) is 29.9 Å². The normalized spacial score (nSPS) is 16.8. The molecule has 0 radical (unpaired) electrons. The van der Waals surface area contributed by atoms with Crippen molar-refractivity contribution in [2.45, 2.75) is 56.7 Å². The van der Waals surface area contributed by atoms with Crippen molar-refractivity contribution in [2.24, 2.45) is 4.99 Å². The standard InChI is InChI=1S/C21H31N5O4S.HI/c1-15(2)20-11-18(30-26-20)13-24-21(22-3)23-12-16-6-8-19(9-7-16)31(27,28)25-14-17-5-4-10-29-17;/h6-9,11,15,17,25H,4-5,10,12-14H2,1-3H3,(H2,22,23,24);1H. The summed E-state index contributed by atoms with van der Waals surface area (Å²) in [6, 6.07) is 8.70. The molecule has 2 heterocycles. The van der Waals surface area contributed by atoms with E-state index in [9.17, 15) is 8.42 Å². The van der Waals surface area contributed by atoms with Crippen LogP contribution in [0.3, 0.4) is 0 Å². The second-order valence-electron chi connectivity index (χ2n) is 7.78. The van der Waals surface area contributed by atoms with Crippen molar-refractivity contribution in [1.82, 2.24) is 20.5 Å². The Morgan fingerprint density at radius 3 is 2.53 bits per heavy atom. The van der Waals surface area contributed by atoms with Gasteiger partial charge in [0.1, 0.15) is 0 Å². The summed E-state index contributed by atoms with van der Waals surface area (Å²) in [7, 11) is -1.86. The SMILES string of the molecule is CN=C(NCc1ccc(S(=O)(=O)NCC2CCCO2)cc1)NCc1cc(C(C)C)no1.I. The van der Waals surface area contributed by atoms with E-state index in [1.165, 1.54) is 0 Å². The van der Waals surface area contributed by atoms with Gasteiger partial charge < -0.3 is 19.9 Å². The lowest BCUT2D eigenvalue weighted by atomic mass is 10.1. The molecule has 1 aliphatic rings. The molecule has 3 rings (SSSR count). The summed E-state index contributed by atoms with van der Waals surface area (Å²) in [6.45, 7) is 6.09. The third-order valence-corrected chi connectivity index (χ3v) is 6.48. The predicted molar refractivity (Wildman–Crippen MR) is 134 cm³/mol. The Hall–Kier alpha value is -1.70. The number of benzene rings is 1. The lowest BCUT2D eigenvalue weighted by Gasteiger charge is -2.13. The van der Waals surface area contributed by atoms with Crippen LogP contribution in [-0.2, 0) is 27.8 Å². The van der Waals surface area contributed by atoms with Gasteiger partial charge in [-0.25, -0.2) is 13.1 Å². The van der Waals surface area contributed by atoms with Crippen LogP contribution in [0, 0.1) is 0 Å². The highest BCUT2D eigenvalue weighted by Gasteiger charge is 2.20. The second kappa shape index (κ2) is 12.5. The van der Waals surface area contributed by atoms with Crippen LogP contribution < -0.4 is 15.4 Å². The lowest BCUT2D eigenvalue weighted by molar-refractivity contribution is 0.114. The molecule has 0 spiro atoms. The topological polar surface area (TPSA) is 118 Å². The van der Waals surface area contributed by atoms with Crippen molar-refractivity contribution in [3.05, 3.63) is 47.3 Å².